The summed E-state index contributed by atoms with van der Waals surface area (Å²) in [5.74, 6) is 0. The number of piperidine rings is 1. The van der Waals surface area contributed by atoms with Crippen LogP contribution in [0.1, 0.15) is 33.6 Å². The molecule has 0 unspecified atom stereocenters. The van der Waals surface area contributed by atoms with Crippen LogP contribution in [-0.4, -0.2) is 58.8 Å². The predicted octanol–water partition coefficient (Wildman–Crippen LogP) is 0.926. The maximum Gasteiger partial charge on any atom is 0.0667 e. The highest BCUT2D eigenvalue weighted by Crippen LogP contribution is 2.26. The molecule has 0 bridgehead atoms. The van der Waals surface area contributed by atoms with Gasteiger partial charge in [-0.1, -0.05) is 0 Å². The topological polar surface area (TPSA) is 26.7 Å². The summed E-state index contributed by atoms with van der Waals surface area (Å²) in [5.41, 5.74) is 0.310. The zero-order valence-electron chi connectivity index (χ0n) is 10.2. The highest BCUT2D eigenvalue weighted by atomic mass is 16.3. The molecule has 0 radical (unpaired) electrons. The van der Waals surface area contributed by atoms with Crippen molar-refractivity contribution in [3.63, 3.8) is 0 Å². The number of aliphatic hydroxyl groups is 1. The summed E-state index contributed by atoms with van der Waals surface area (Å²) in [6.07, 6.45) is 2.07. The van der Waals surface area contributed by atoms with Gasteiger partial charge in [-0.05, 0) is 40.2 Å². The molecule has 0 aliphatic carbocycles. The molecule has 0 spiro atoms. The molecule has 2 fully saturated rings. The van der Waals surface area contributed by atoms with Crippen LogP contribution in [0.15, 0.2) is 0 Å². The van der Waals surface area contributed by atoms with E-state index in [0.717, 1.165) is 19.4 Å². The van der Waals surface area contributed by atoms with E-state index in [1.165, 1.54) is 19.6 Å². The van der Waals surface area contributed by atoms with E-state index in [0.29, 0.717) is 11.6 Å². The molecule has 2 aliphatic heterocycles. The standard InChI is InChI=1S/C12H24N2O/c1-12(2,3)14-7-10(8-14)13-6-4-5-11(15)9-13/h10-11,15H,4-9H2,1-3H3/t11-/m0/s1. The third kappa shape index (κ3) is 2.52. The summed E-state index contributed by atoms with van der Waals surface area (Å²) in [4.78, 5) is 4.98. The highest BCUT2D eigenvalue weighted by Gasteiger charge is 2.38. The van der Waals surface area contributed by atoms with Crippen molar-refractivity contribution in [1.29, 1.82) is 0 Å². The maximum atomic E-state index is 9.62. The predicted molar refractivity (Wildman–Crippen MR) is 61.9 cm³/mol. The van der Waals surface area contributed by atoms with Crippen LogP contribution in [-0.2, 0) is 0 Å². The van der Waals surface area contributed by atoms with Gasteiger partial charge in [-0.15, -0.1) is 0 Å². The molecular formula is C12H24N2O. The van der Waals surface area contributed by atoms with Gasteiger partial charge < -0.3 is 5.11 Å². The van der Waals surface area contributed by atoms with Crippen LogP contribution in [0, 0.1) is 0 Å². The van der Waals surface area contributed by atoms with Gasteiger partial charge in [-0.25, -0.2) is 0 Å². The van der Waals surface area contributed by atoms with E-state index >= 15 is 0 Å². The molecule has 15 heavy (non-hydrogen) atoms. The third-order valence-corrected chi connectivity index (χ3v) is 3.76. The van der Waals surface area contributed by atoms with Gasteiger partial charge in [0, 0.05) is 31.2 Å². The van der Waals surface area contributed by atoms with E-state index in [4.69, 9.17) is 0 Å². The van der Waals surface area contributed by atoms with Crippen molar-refractivity contribution in [2.75, 3.05) is 26.2 Å². The fourth-order valence-electron chi connectivity index (χ4n) is 2.55. The van der Waals surface area contributed by atoms with Crippen molar-refractivity contribution in [3.8, 4) is 0 Å². The molecule has 3 nitrogen and oxygen atoms in total. The maximum absolute atomic E-state index is 9.62. The van der Waals surface area contributed by atoms with Crippen LogP contribution in [0.5, 0.6) is 0 Å². The van der Waals surface area contributed by atoms with Crippen molar-refractivity contribution in [2.45, 2.75) is 51.3 Å². The van der Waals surface area contributed by atoms with E-state index in [-0.39, 0.29) is 6.10 Å². The highest BCUT2D eigenvalue weighted by molar-refractivity contribution is 4.95. The van der Waals surface area contributed by atoms with Gasteiger partial charge in [0.05, 0.1) is 6.10 Å². The molecule has 2 aliphatic rings. The Morgan fingerprint density at radius 2 is 1.80 bits per heavy atom. The minimum absolute atomic E-state index is 0.0811. The Morgan fingerprint density at radius 3 is 2.33 bits per heavy atom. The van der Waals surface area contributed by atoms with Crippen LogP contribution in [0.2, 0.25) is 0 Å². The first kappa shape index (κ1) is 11.4. The summed E-state index contributed by atoms with van der Waals surface area (Å²) in [6.45, 7) is 11.2. The molecule has 0 aromatic rings. The minimum atomic E-state index is -0.0811. The lowest BCUT2D eigenvalue weighted by molar-refractivity contribution is -0.0489. The van der Waals surface area contributed by atoms with Gasteiger partial charge >= 0.3 is 0 Å². The monoisotopic (exact) mass is 212 g/mol. The van der Waals surface area contributed by atoms with E-state index in [1.807, 2.05) is 0 Å². The number of nitrogens with zero attached hydrogens (tertiary/aromatic N) is 2. The van der Waals surface area contributed by atoms with E-state index < -0.39 is 0 Å². The molecule has 3 heteroatoms. The fourth-order valence-corrected chi connectivity index (χ4v) is 2.55. The van der Waals surface area contributed by atoms with Crippen LogP contribution in [0.3, 0.4) is 0 Å². The molecule has 1 N–H and O–H groups in total. The number of hydrogen-bond acceptors (Lipinski definition) is 3. The van der Waals surface area contributed by atoms with E-state index in [9.17, 15) is 5.11 Å². The van der Waals surface area contributed by atoms with E-state index in [1.54, 1.807) is 0 Å². The van der Waals surface area contributed by atoms with Crippen molar-refractivity contribution in [3.05, 3.63) is 0 Å². The molecule has 0 saturated carbocycles. The molecule has 2 rings (SSSR count). The Balaban J connectivity index is 1.79. The molecule has 1 atom stereocenters. The van der Waals surface area contributed by atoms with Gasteiger partial charge in [0.2, 0.25) is 0 Å². The zero-order valence-corrected chi connectivity index (χ0v) is 10.2. The second-order valence-corrected chi connectivity index (χ2v) is 6.02. The largest absolute Gasteiger partial charge is 0.392 e. The fraction of sp³-hybridized carbons (Fsp3) is 1.00. The van der Waals surface area contributed by atoms with Crippen LogP contribution >= 0.6 is 0 Å². The lowest BCUT2D eigenvalue weighted by atomic mass is 9.95. The number of rotatable bonds is 1. The Morgan fingerprint density at radius 1 is 1.13 bits per heavy atom. The second-order valence-electron chi connectivity index (χ2n) is 6.02. The molecular weight excluding hydrogens is 188 g/mol. The molecule has 0 aromatic heterocycles. The van der Waals surface area contributed by atoms with Crippen LogP contribution < -0.4 is 0 Å². The number of likely N-dealkylation sites (tertiary alicyclic amines) is 2. The lowest BCUT2D eigenvalue weighted by Crippen LogP contribution is -2.65. The van der Waals surface area contributed by atoms with Gasteiger partial charge in [0.1, 0.15) is 0 Å². The Bertz CT molecular complexity index is 218. The summed E-state index contributed by atoms with van der Waals surface area (Å²) < 4.78 is 0. The molecule has 0 aromatic carbocycles. The molecule has 0 amide bonds. The van der Waals surface area contributed by atoms with Gasteiger partial charge in [0.25, 0.3) is 0 Å². The SMILES string of the molecule is CC(C)(C)N1CC(N2CCC[C@H](O)C2)C1. The summed E-state index contributed by atoms with van der Waals surface area (Å²) in [6, 6.07) is 0.694. The quantitative estimate of drug-likeness (QED) is 0.700. The van der Waals surface area contributed by atoms with Crippen molar-refractivity contribution < 1.29 is 5.11 Å². The lowest BCUT2D eigenvalue weighted by Gasteiger charge is -2.52. The Kier molecular flexibility index (Phi) is 3.06. The van der Waals surface area contributed by atoms with Crippen LogP contribution in [0.4, 0.5) is 0 Å². The normalized spacial score (nSPS) is 31.6. The summed E-state index contributed by atoms with van der Waals surface area (Å²) >= 11 is 0. The van der Waals surface area contributed by atoms with Crippen LogP contribution in [0.25, 0.3) is 0 Å². The van der Waals surface area contributed by atoms with Gasteiger partial charge in [-0.3, -0.25) is 9.80 Å². The minimum Gasteiger partial charge on any atom is -0.392 e. The van der Waals surface area contributed by atoms with E-state index in [2.05, 4.69) is 30.6 Å². The average molecular weight is 212 g/mol. The van der Waals surface area contributed by atoms with Crippen molar-refractivity contribution >= 4 is 0 Å². The zero-order chi connectivity index (χ0) is 11.1. The first-order valence-electron chi connectivity index (χ1n) is 6.14. The summed E-state index contributed by atoms with van der Waals surface area (Å²) in [7, 11) is 0. The average Bonchev–Trinajstić information content (AvgIpc) is 1.97. The molecule has 2 heterocycles. The summed E-state index contributed by atoms with van der Waals surface area (Å²) in [5, 5.41) is 9.62. The Hall–Kier alpha value is -0.120. The number of β-amino-alcohol motifs (C(OH)–C–C–N with tert-alkyl or cyclic N) is 1. The van der Waals surface area contributed by atoms with Gasteiger partial charge in [0.15, 0.2) is 0 Å². The second kappa shape index (κ2) is 4.04. The van der Waals surface area contributed by atoms with Gasteiger partial charge in [-0.2, -0.15) is 0 Å². The molecule has 2 saturated heterocycles. The van der Waals surface area contributed by atoms with Crippen molar-refractivity contribution in [2.24, 2.45) is 0 Å². The number of aliphatic hydroxyl groups excluding tert-OH is 1. The first-order chi connectivity index (χ1) is 6.97. The third-order valence-electron chi connectivity index (χ3n) is 3.76. The number of hydrogen-bond donors (Lipinski definition) is 1. The van der Waals surface area contributed by atoms with Crippen molar-refractivity contribution in [1.82, 2.24) is 9.80 Å². The first-order valence-corrected chi connectivity index (χ1v) is 6.14. The molecule has 88 valence electrons. The smallest absolute Gasteiger partial charge is 0.0667 e. The Labute approximate surface area is 93.1 Å².